The summed E-state index contributed by atoms with van der Waals surface area (Å²) in [7, 11) is 0. The number of pyridine rings is 1. The van der Waals surface area contributed by atoms with E-state index in [1.807, 2.05) is 12.1 Å². The Labute approximate surface area is 51.3 Å². The summed E-state index contributed by atoms with van der Waals surface area (Å²) in [5.74, 6) is 0. The third-order valence-electron chi connectivity index (χ3n) is 1.16. The van der Waals surface area contributed by atoms with Crippen LogP contribution in [-0.4, -0.2) is 4.98 Å². The standard InChI is InChI=1S/C6H4N2O/c1-2-5-6(7-3-1)9-4-8-5/h1-4H/p+1. The molecule has 0 spiro atoms. The number of hydrogen-bond acceptors (Lipinski definition) is 2. The monoisotopic (exact) mass is 121 g/mol. The van der Waals surface area contributed by atoms with Crippen molar-refractivity contribution in [3.8, 4) is 0 Å². The summed E-state index contributed by atoms with van der Waals surface area (Å²) < 4.78 is 4.95. The van der Waals surface area contributed by atoms with Crippen LogP contribution in [0.25, 0.3) is 11.2 Å². The van der Waals surface area contributed by atoms with Gasteiger partial charge in [-0.1, -0.05) is 0 Å². The van der Waals surface area contributed by atoms with E-state index in [4.69, 9.17) is 4.42 Å². The molecule has 0 radical (unpaired) electrons. The summed E-state index contributed by atoms with van der Waals surface area (Å²) in [5.41, 5.74) is 1.58. The summed E-state index contributed by atoms with van der Waals surface area (Å²) >= 11 is 0. The summed E-state index contributed by atoms with van der Waals surface area (Å²) in [6.07, 6.45) is 3.22. The molecule has 0 atom stereocenters. The minimum Gasteiger partial charge on any atom is -0.391 e. The number of oxazole rings is 1. The molecule has 0 saturated carbocycles. The van der Waals surface area contributed by atoms with Gasteiger partial charge in [-0.25, -0.2) is 4.98 Å². The fourth-order valence-corrected chi connectivity index (χ4v) is 0.745. The number of nitrogens with zero attached hydrogens (tertiary/aromatic N) is 1. The van der Waals surface area contributed by atoms with Crippen LogP contribution in [0.15, 0.2) is 29.1 Å². The number of fused-ring (bicyclic) bond motifs is 1. The molecule has 0 fully saturated rings. The minimum atomic E-state index is 0.720. The maximum Gasteiger partial charge on any atom is 0.399 e. The van der Waals surface area contributed by atoms with E-state index in [0.717, 1.165) is 11.2 Å². The largest absolute Gasteiger partial charge is 0.399 e. The summed E-state index contributed by atoms with van der Waals surface area (Å²) in [6, 6.07) is 3.76. The van der Waals surface area contributed by atoms with E-state index in [9.17, 15) is 0 Å². The Morgan fingerprint density at radius 2 is 2.56 bits per heavy atom. The van der Waals surface area contributed by atoms with Crippen LogP contribution >= 0.6 is 0 Å². The van der Waals surface area contributed by atoms with Crippen molar-refractivity contribution in [2.24, 2.45) is 0 Å². The topological polar surface area (TPSA) is 40.2 Å². The normalized spacial score (nSPS) is 10.2. The molecule has 0 aliphatic rings. The zero-order valence-electron chi connectivity index (χ0n) is 4.66. The number of nitrogens with one attached hydrogen (secondary N) is 1. The molecule has 0 aliphatic heterocycles. The Morgan fingerprint density at radius 3 is 3.44 bits per heavy atom. The molecule has 0 bridgehead atoms. The van der Waals surface area contributed by atoms with E-state index < -0.39 is 0 Å². The molecule has 44 valence electrons. The van der Waals surface area contributed by atoms with Crippen LogP contribution in [0.5, 0.6) is 0 Å². The van der Waals surface area contributed by atoms with E-state index >= 15 is 0 Å². The Hall–Kier alpha value is -1.38. The van der Waals surface area contributed by atoms with Crippen molar-refractivity contribution >= 4 is 11.2 Å². The first kappa shape index (κ1) is 4.49. The molecule has 2 aromatic heterocycles. The molecule has 9 heavy (non-hydrogen) atoms. The van der Waals surface area contributed by atoms with Gasteiger partial charge in [0.25, 0.3) is 0 Å². The van der Waals surface area contributed by atoms with E-state index in [0.29, 0.717) is 0 Å². The van der Waals surface area contributed by atoms with Crippen molar-refractivity contribution in [3.63, 3.8) is 0 Å². The van der Waals surface area contributed by atoms with Crippen LogP contribution in [0.4, 0.5) is 0 Å². The molecule has 2 heterocycles. The predicted molar refractivity (Wildman–Crippen MR) is 30.6 cm³/mol. The van der Waals surface area contributed by atoms with Gasteiger partial charge in [-0.05, 0) is 6.07 Å². The van der Waals surface area contributed by atoms with Gasteiger partial charge >= 0.3 is 5.71 Å². The van der Waals surface area contributed by atoms with Gasteiger partial charge in [-0.15, -0.1) is 0 Å². The number of H-pyrrole nitrogens is 1. The Kier molecular flexibility index (Phi) is 0.773. The fraction of sp³-hybridized carbons (Fsp3) is 0. The SMILES string of the molecule is c1c[nH+]c2ocnc2c1. The summed E-state index contributed by atoms with van der Waals surface area (Å²) in [6.45, 7) is 0. The highest BCUT2D eigenvalue weighted by molar-refractivity contribution is 5.62. The second kappa shape index (κ2) is 1.55. The molecule has 0 unspecified atom stereocenters. The van der Waals surface area contributed by atoms with E-state index in [2.05, 4.69) is 9.97 Å². The highest BCUT2D eigenvalue weighted by Gasteiger charge is 2.00. The second-order valence-electron chi connectivity index (χ2n) is 1.74. The maximum absolute atomic E-state index is 4.95. The molecule has 0 amide bonds. The first-order chi connectivity index (χ1) is 4.47. The first-order valence-electron chi connectivity index (χ1n) is 2.67. The third kappa shape index (κ3) is 0.579. The highest BCUT2D eigenvalue weighted by Crippen LogP contribution is 2.01. The smallest absolute Gasteiger partial charge is 0.391 e. The molecule has 0 saturated heterocycles. The zero-order chi connectivity index (χ0) is 6.10. The highest BCUT2D eigenvalue weighted by atomic mass is 16.3. The van der Waals surface area contributed by atoms with Crippen molar-refractivity contribution in [2.75, 3.05) is 0 Å². The minimum absolute atomic E-state index is 0.720. The van der Waals surface area contributed by atoms with Gasteiger partial charge in [-0.3, -0.25) is 0 Å². The van der Waals surface area contributed by atoms with Crippen molar-refractivity contribution in [2.45, 2.75) is 0 Å². The molecular weight excluding hydrogens is 116 g/mol. The number of rotatable bonds is 0. The number of aromatic amines is 1. The first-order valence-corrected chi connectivity index (χ1v) is 2.67. The number of aromatic nitrogens is 2. The lowest BCUT2D eigenvalue weighted by Crippen LogP contribution is -1.98. The number of hydrogen-bond donors (Lipinski definition) is 0. The van der Waals surface area contributed by atoms with Crippen molar-refractivity contribution in [1.29, 1.82) is 0 Å². The Balaban J connectivity index is 2.95. The van der Waals surface area contributed by atoms with Crippen LogP contribution in [-0.2, 0) is 0 Å². The van der Waals surface area contributed by atoms with Crippen LogP contribution < -0.4 is 4.98 Å². The van der Waals surface area contributed by atoms with Crippen LogP contribution in [0.3, 0.4) is 0 Å². The predicted octanol–water partition coefficient (Wildman–Crippen LogP) is 0.642. The third-order valence-corrected chi connectivity index (χ3v) is 1.16. The molecule has 2 rings (SSSR count). The Bertz CT molecular complexity index is 285. The van der Waals surface area contributed by atoms with E-state index in [1.54, 1.807) is 6.20 Å². The van der Waals surface area contributed by atoms with Crippen LogP contribution in [0, 0.1) is 0 Å². The van der Waals surface area contributed by atoms with Crippen molar-refractivity contribution < 1.29 is 9.40 Å². The van der Waals surface area contributed by atoms with Gasteiger partial charge < -0.3 is 4.42 Å². The Morgan fingerprint density at radius 1 is 1.56 bits per heavy atom. The summed E-state index contributed by atoms with van der Waals surface area (Å²) in [5, 5.41) is 0. The van der Waals surface area contributed by atoms with Gasteiger partial charge in [0.15, 0.2) is 18.1 Å². The zero-order valence-corrected chi connectivity index (χ0v) is 4.66. The van der Waals surface area contributed by atoms with E-state index in [1.165, 1.54) is 6.39 Å². The molecular formula is C6H5N2O+. The van der Waals surface area contributed by atoms with Gasteiger partial charge in [0, 0.05) is 6.07 Å². The second-order valence-corrected chi connectivity index (χ2v) is 1.74. The average Bonchev–Trinajstić information content (AvgIpc) is 2.33. The van der Waals surface area contributed by atoms with Crippen molar-refractivity contribution in [1.82, 2.24) is 4.98 Å². The van der Waals surface area contributed by atoms with Gasteiger partial charge in [0.1, 0.15) is 0 Å². The van der Waals surface area contributed by atoms with Gasteiger partial charge in [-0.2, -0.15) is 4.98 Å². The van der Waals surface area contributed by atoms with Crippen LogP contribution in [0.1, 0.15) is 0 Å². The molecule has 2 aromatic rings. The molecule has 0 aromatic carbocycles. The quantitative estimate of drug-likeness (QED) is 0.513. The van der Waals surface area contributed by atoms with Gasteiger partial charge in [0.2, 0.25) is 0 Å². The average molecular weight is 121 g/mol. The van der Waals surface area contributed by atoms with Crippen molar-refractivity contribution in [3.05, 3.63) is 24.7 Å². The van der Waals surface area contributed by atoms with Gasteiger partial charge in [0.05, 0.1) is 0 Å². The fourth-order valence-electron chi connectivity index (χ4n) is 0.745. The molecule has 1 N–H and O–H groups in total. The summed E-state index contributed by atoms with van der Waals surface area (Å²) in [4.78, 5) is 6.82. The lowest BCUT2D eigenvalue weighted by molar-refractivity contribution is -0.356. The lowest BCUT2D eigenvalue weighted by atomic mass is 10.5. The van der Waals surface area contributed by atoms with E-state index in [-0.39, 0.29) is 0 Å². The van der Waals surface area contributed by atoms with Crippen LogP contribution in [0.2, 0.25) is 0 Å². The molecule has 3 heteroatoms. The molecule has 3 nitrogen and oxygen atoms in total. The molecule has 0 aliphatic carbocycles. The lowest BCUT2D eigenvalue weighted by Gasteiger charge is -1.71. The maximum atomic E-state index is 4.95.